The van der Waals surface area contributed by atoms with Gasteiger partial charge in [0.15, 0.2) is 0 Å². The van der Waals surface area contributed by atoms with Crippen molar-refractivity contribution in [3.63, 3.8) is 0 Å². The molecule has 0 unspecified atom stereocenters. The van der Waals surface area contributed by atoms with Crippen molar-refractivity contribution in [2.24, 2.45) is 11.8 Å². The number of rotatable bonds is 0. The maximum absolute atomic E-state index is 6.04. The number of allylic oxidation sites excluding steroid dienone is 4. The van der Waals surface area contributed by atoms with Crippen molar-refractivity contribution < 1.29 is 4.74 Å². The molecule has 1 heteroatoms. The van der Waals surface area contributed by atoms with Crippen LogP contribution in [0, 0.1) is 11.8 Å². The van der Waals surface area contributed by atoms with Gasteiger partial charge in [-0.3, -0.25) is 0 Å². The standard InChI is InChI=1S/C13H20O/c1-8-6-9(2)11-7-13(4,5)14-12(11)10(8)3/h6,9,11H,7H2,1-5H3/t9-,11+/m0/s1. The second kappa shape index (κ2) is 2.88. The lowest BCUT2D eigenvalue weighted by molar-refractivity contribution is 0.0751. The topological polar surface area (TPSA) is 9.23 Å². The molecule has 1 aliphatic carbocycles. The molecular formula is C13H20O. The minimum absolute atomic E-state index is 0.0357. The molecule has 0 saturated carbocycles. The minimum atomic E-state index is 0.0357. The van der Waals surface area contributed by atoms with Gasteiger partial charge in [-0.15, -0.1) is 0 Å². The lowest BCUT2D eigenvalue weighted by atomic mass is 9.80. The molecule has 0 N–H and O–H groups in total. The van der Waals surface area contributed by atoms with Crippen LogP contribution >= 0.6 is 0 Å². The molecule has 1 nitrogen and oxygen atoms in total. The van der Waals surface area contributed by atoms with Crippen LogP contribution < -0.4 is 0 Å². The predicted octanol–water partition coefficient (Wildman–Crippen LogP) is 3.67. The van der Waals surface area contributed by atoms with E-state index in [2.05, 4.69) is 40.7 Å². The van der Waals surface area contributed by atoms with Crippen LogP contribution in [0.1, 0.15) is 41.0 Å². The van der Waals surface area contributed by atoms with Crippen molar-refractivity contribution in [2.75, 3.05) is 0 Å². The highest BCUT2D eigenvalue weighted by Gasteiger charge is 2.41. The van der Waals surface area contributed by atoms with Crippen molar-refractivity contribution in [1.82, 2.24) is 0 Å². The summed E-state index contributed by atoms with van der Waals surface area (Å²) in [5.74, 6) is 2.51. The van der Waals surface area contributed by atoms with Gasteiger partial charge in [0.2, 0.25) is 0 Å². The van der Waals surface area contributed by atoms with E-state index in [0.717, 1.165) is 6.42 Å². The summed E-state index contributed by atoms with van der Waals surface area (Å²) < 4.78 is 6.04. The number of hydrogen-bond donors (Lipinski definition) is 0. The van der Waals surface area contributed by atoms with Crippen molar-refractivity contribution in [3.05, 3.63) is 23.0 Å². The van der Waals surface area contributed by atoms with Crippen molar-refractivity contribution >= 4 is 0 Å². The molecule has 0 aromatic heterocycles. The van der Waals surface area contributed by atoms with Gasteiger partial charge < -0.3 is 4.74 Å². The summed E-state index contributed by atoms with van der Waals surface area (Å²) >= 11 is 0. The van der Waals surface area contributed by atoms with E-state index in [0.29, 0.717) is 11.8 Å². The first kappa shape index (κ1) is 9.82. The summed E-state index contributed by atoms with van der Waals surface area (Å²) in [5, 5.41) is 0. The molecule has 0 bridgehead atoms. The Morgan fingerprint density at radius 2 is 2.00 bits per heavy atom. The fraction of sp³-hybridized carbons (Fsp3) is 0.692. The molecule has 1 aliphatic heterocycles. The van der Waals surface area contributed by atoms with Gasteiger partial charge >= 0.3 is 0 Å². The monoisotopic (exact) mass is 192 g/mol. The quantitative estimate of drug-likeness (QED) is 0.569. The molecule has 1 saturated heterocycles. The number of hydrogen-bond acceptors (Lipinski definition) is 1. The van der Waals surface area contributed by atoms with Crippen LogP contribution in [-0.2, 0) is 4.74 Å². The molecule has 0 aromatic carbocycles. The highest BCUT2D eigenvalue weighted by atomic mass is 16.5. The molecule has 0 spiro atoms. The van der Waals surface area contributed by atoms with Gasteiger partial charge in [-0.05, 0) is 51.2 Å². The van der Waals surface area contributed by atoms with Crippen molar-refractivity contribution in [1.29, 1.82) is 0 Å². The van der Waals surface area contributed by atoms with Gasteiger partial charge in [-0.1, -0.05) is 13.0 Å². The van der Waals surface area contributed by atoms with Gasteiger partial charge in [-0.25, -0.2) is 0 Å². The largest absolute Gasteiger partial charge is 0.492 e. The van der Waals surface area contributed by atoms with Gasteiger partial charge in [-0.2, -0.15) is 0 Å². The number of fused-ring (bicyclic) bond motifs is 1. The molecule has 0 amide bonds. The molecule has 2 rings (SSSR count). The van der Waals surface area contributed by atoms with E-state index in [1.54, 1.807) is 0 Å². The maximum Gasteiger partial charge on any atom is 0.104 e. The molecule has 0 aromatic rings. The van der Waals surface area contributed by atoms with Crippen molar-refractivity contribution in [2.45, 2.75) is 46.6 Å². The average Bonchev–Trinajstić information content (AvgIpc) is 2.38. The van der Waals surface area contributed by atoms with Gasteiger partial charge in [0, 0.05) is 5.92 Å². The van der Waals surface area contributed by atoms with Crippen LogP contribution in [0.4, 0.5) is 0 Å². The van der Waals surface area contributed by atoms with Crippen LogP contribution in [0.15, 0.2) is 23.0 Å². The van der Waals surface area contributed by atoms with E-state index < -0.39 is 0 Å². The first-order valence-electron chi connectivity index (χ1n) is 5.49. The lowest BCUT2D eigenvalue weighted by Gasteiger charge is -2.24. The maximum atomic E-state index is 6.04. The summed E-state index contributed by atoms with van der Waals surface area (Å²) in [6, 6.07) is 0. The molecular weight excluding hydrogens is 172 g/mol. The zero-order chi connectivity index (χ0) is 10.5. The zero-order valence-corrected chi connectivity index (χ0v) is 9.85. The van der Waals surface area contributed by atoms with E-state index in [4.69, 9.17) is 4.74 Å². The van der Waals surface area contributed by atoms with Crippen LogP contribution in [-0.4, -0.2) is 5.60 Å². The summed E-state index contributed by atoms with van der Waals surface area (Å²) in [5.41, 5.74) is 2.79. The molecule has 0 radical (unpaired) electrons. The van der Waals surface area contributed by atoms with Crippen LogP contribution in [0.2, 0.25) is 0 Å². The summed E-state index contributed by atoms with van der Waals surface area (Å²) in [7, 11) is 0. The molecule has 14 heavy (non-hydrogen) atoms. The van der Waals surface area contributed by atoms with Crippen molar-refractivity contribution in [3.8, 4) is 0 Å². The highest BCUT2D eigenvalue weighted by Crippen LogP contribution is 2.46. The number of ether oxygens (including phenoxy) is 1. The summed E-state index contributed by atoms with van der Waals surface area (Å²) in [6.45, 7) is 11.0. The van der Waals surface area contributed by atoms with E-state index in [1.807, 2.05) is 0 Å². The molecule has 78 valence electrons. The third-order valence-corrected chi connectivity index (χ3v) is 3.54. The Hall–Kier alpha value is -0.720. The first-order valence-corrected chi connectivity index (χ1v) is 5.49. The van der Waals surface area contributed by atoms with Crippen LogP contribution in [0.25, 0.3) is 0 Å². The Labute approximate surface area is 86.8 Å². The second-order valence-electron chi connectivity index (χ2n) is 5.37. The molecule has 1 fully saturated rings. The fourth-order valence-corrected chi connectivity index (χ4v) is 2.65. The third kappa shape index (κ3) is 1.39. The lowest BCUT2D eigenvalue weighted by Crippen LogP contribution is -2.17. The average molecular weight is 192 g/mol. The van der Waals surface area contributed by atoms with Gasteiger partial charge in [0.05, 0.1) is 0 Å². The summed E-state index contributed by atoms with van der Waals surface area (Å²) in [6.07, 6.45) is 3.54. The second-order valence-corrected chi connectivity index (χ2v) is 5.37. The molecule has 2 atom stereocenters. The van der Waals surface area contributed by atoms with E-state index in [9.17, 15) is 0 Å². The Morgan fingerprint density at radius 3 is 2.64 bits per heavy atom. The molecule has 1 heterocycles. The minimum Gasteiger partial charge on any atom is -0.492 e. The summed E-state index contributed by atoms with van der Waals surface area (Å²) in [4.78, 5) is 0. The highest BCUT2D eigenvalue weighted by molar-refractivity contribution is 5.37. The van der Waals surface area contributed by atoms with E-state index in [1.165, 1.54) is 16.9 Å². The Bertz CT molecular complexity index is 320. The van der Waals surface area contributed by atoms with E-state index in [-0.39, 0.29) is 5.60 Å². The SMILES string of the molecule is CC1=C[C@H](C)[C@H]2CC(C)(C)OC2=C1C. The van der Waals surface area contributed by atoms with E-state index >= 15 is 0 Å². The molecule has 2 aliphatic rings. The zero-order valence-electron chi connectivity index (χ0n) is 9.85. The van der Waals surface area contributed by atoms with Gasteiger partial charge in [0.1, 0.15) is 11.4 Å². The Balaban J connectivity index is 2.40. The predicted molar refractivity (Wildman–Crippen MR) is 58.9 cm³/mol. The van der Waals surface area contributed by atoms with Crippen LogP contribution in [0.5, 0.6) is 0 Å². The first-order chi connectivity index (χ1) is 6.41. The fourth-order valence-electron chi connectivity index (χ4n) is 2.65. The normalized spacial score (nSPS) is 35.1. The van der Waals surface area contributed by atoms with Crippen LogP contribution in [0.3, 0.4) is 0 Å². The third-order valence-electron chi connectivity index (χ3n) is 3.54. The van der Waals surface area contributed by atoms with Gasteiger partial charge in [0.25, 0.3) is 0 Å². The smallest absolute Gasteiger partial charge is 0.104 e. The Kier molecular flexibility index (Phi) is 2.02. The Morgan fingerprint density at radius 1 is 1.36 bits per heavy atom.